The van der Waals surface area contributed by atoms with E-state index in [1.54, 1.807) is 12.4 Å². The van der Waals surface area contributed by atoms with Gasteiger partial charge in [0.05, 0.1) is 4.47 Å². The third-order valence-electron chi connectivity index (χ3n) is 2.73. The van der Waals surface area contributed by atoms with Gasteiger partial charge in [-0.25, -0.2) is 9.97 Å². The summed E-state index contributed by atoms with van der Waals surface area (Å²) in [6.45, 7) is 0. The van der Waals surface area contributed by atoms with Gasteiger partial charge < -0.3 is 10.1 Å². The summed E-state index contributed by atoms with van der Waals surface area (Å²) in [4.78, 5) is 8.39. The Balaban J connectivity index is 0.00000176. The second-order valence-corrected chi connectivity index (χ2v) is 5.11. The van der Waals surface area contributed by atoms with Gasteiger partial charge in [-0.3, -0.25) is 0 Å². The molecule has 0 saturated carbocycles. The van der Waals surface area contributed by atoms with E-state index in [4.69, 9.17) is 4.74 Å². The number of halogens is 2. The van der Waals surface area contributed by atoms with Crippen LogP contribution >= 0.6 is 28.3 Å². The van der Waals surface area contributed by atoms with E-state index in [-0.39, 0.29) is 12.4 Å². The number of nitrogens with zero attached hydrogens (tertiary/aromatic N) is 2. The van der Waals surface area contributed by atoms with Crippen molar-refractivity contribution in [2.45, 2.75) is 0 Å². The molecule has 22 heavy (non-hydrogen) atoms. The average Bonchev–Trinajstić information content (AvgIpc) is 2.52. The average molecular weight is 379 g/mol. The molecule has 0 amide bonds. The normalized spacial score (nSPS) is 9.68. The van der Waals surface area contributed by atoms with Gasteiger partial charge in [0.2, 0.25) is 5.88 Å². The Labute approximate surface area is 143 Å². The summed E-state index contributed by atoms with van der Waals surface area (Å²) in [6.07, 6.45) is 3.44. The van der Waals surface area contributed by atoms with Gasteiger partial charge in [0, 0.05) is 18.1 Å². The quantitative estimate of drug-likeness (QED) is 0.678. The highest BCUT2D eigenvalue weighted by atomic mass is 79.9. The summed E-state index contributed by atoms with van der Waals surface area (Å²) in [6, 6.07) is 17.1. The fourth-order valence-corrected chi connectivity index (χ4v) is 2.08. The maximum Gasteiger partial charge on any atom is 0.233 e. The van der Waals surface area contributed by atoms with Gasteiger partial charge in [-0.05, 0) is 64.5 Å². The lowest BCUT2D eigenvalue weighted by molar-refractivity contribution is 0.460. The largest absolute Gasteiger partial charge is 0.438 e. The standard InChI is InChI=1S/C16H12BrN3O.ClH/c17-14-4-3-11-19-16(14)21-13-8-6-12(7-9-13)20-15-5-1-2-10-18-15;/h1-11H,(H,18,20);1H. The summed E-state index contributed by atoms with van der Waals surface area (Å²) < 4.78 is 6.53. The first-order chi connectivity index (χ1) is 10.3. The van der Waals surface area contributed by atoms with Crippen LogP contribution in [0.5, 0.6) is 11.6 Å². The van der Waals surface area contributed by atoms with Crippen LogP contribution in [-0.2, 0) is 0 Å². The molecule has 2 aromatic heterocycles. The van der Waals surface area contributed by atoms with E-state index in [1.165, 1.54) is 0 Å². The summed E-state index contributed by atoms with van der Waals surface area (Å²) in [5.41, 5.74) is 0.945. The SMILES string of the molecule is Brc1cccnc1Oc1ccc(Nc2ccccn2)cc1.Cl. The minimum absolute atomic E-state index is 0. The van der Waals surface area contributed by atoms with Crippen LogP contribution in [0.25, 0.3) is 0 Å². The van der Waals surface area contributed by atoms with E-state index in [2.05, 4.69) is 31.2 Å². The fraction of sp³-hybridized carbons (Fsp3) is 0. The van der Waals surface area contributed by atoms with E-state index >= 15 is 0 Å². The highest BCUT2D eigenvalue weighted by molar-refractivity contribution is 9.10. The Morgan fingerprint density at radius 2 is 1.64 bits per heavy atom. The third kappa shape index (κ3) is 4.19. The molecule has 4 nitrogen and oxygen atoms in total. The highest BCUT2D eigenvalue weighted by Crippen LogP contribution is 2.27. The maximum absolute atomic E-state index is 5.71. The van der Waals surface area contributed by atoms with Crippen LogP contribution in [0.1, 0.15) is 0 Å². The first-order valence-corrected chi connectivity index (χ1v) is 7.17. The Kier molecular flexibility index (Phi) is 5.75. The van der Waals surface area contributed by atoms with E-state index in [0.717, 1.165) is 21.7 Å². The molecule has 0 aliphatic carbocycles. The van der Waals surface area contributed by atoms with Gasteiger partial charge in [-0.15, -0.1) is 12.4 Å². The van der Waals surface area contributed by atoms with Gasteiger partial charge in [0.25, 0.3) is 0 Å². The van der Waals surface area contributed by atoms with Crippen LogP contribution in [0.4, 0.5) is 11.5 Å². The molecule has 1 aromatic carbocycles. The predicted molar refractivity (Wildman–Crippen MR) is 93.2 cm³/mol. The smallest absolute Gasteiger partial charge is 0.233 e. The van der Waals surface area contributed by atoms with Gasteiger partial charge in [-0.2, -0.15) is 0 Å². The lowest BCUT2D eigenvalue weighted by Crippen LogP contribution is -1.93. The number of nitrogens with one attached hydrogen (secondary N) is 1. The Bertz CT molecular complexity index is 723. The van der Waals surface area contributed by atoms with Crippen molar-refractivity contribution in [2.24, 2.45) is 0 Å². The molecule has 0 radical (unpaired) electrons. The molecule has 0 fully saturated rings. The predicted octanol–water partition coefficient (Wildman–Crippen LogP) is 5.20. The van der Waals surface area contributed by atoms with E-state index in [9.17, 15) is 0 Å². The number of aromatic nitrogens is 2. The number of hydrogen-bond donors (Lipinski definition) is 1. The van der Waals surface area contributed by atoms with Crippen LogP contribution in [0.15, 0.2) is 71.5 Å². The minimum atomic E-state index is 0. The van der Waals surface area contributed by atoms with E-state index < -0.39 is 0 Å². The monoisotopic (exact) mass is 377 g/mol. The van der Waals surface area contributed by atoms with Crippen molar-refractivity contribution in [2.75, 3.05) is 5.32 Å². The fourth-order valence-electron chi connectivity index (χ4n) is 1.75. The molecule has 0 aliphatic heterocycles. The molecule has 0 saturated heterocycles. The zero-order valence-corrected chi connectivity index (χ0v) is 13.8. The number of rotatable bonds is 4. The van der Waals surface area contributed by atoms with E-state index in [1.807, 2.05) is 54.6 Å². The third-order valence-corrected chi connectivity index (χ3v) is 3.33. The maximum atomic E-state index is 5.71. The molecule has 3 aromatic rings. The van der Waals surface area contributed by atoms with Crippen LogP contribution in [0.2, 0.25) is 0 Å². The molecular weight excluding hydrogens is 366 g/mol. The second kappa shape index (κ2) is 7.77. The summed E-state index contributed by atoms with van der Waals surface area (Å²) in [5.74, 6) is 2.07. The molecule has 0 spiro atoms. The molecule has 3 rings (SSSR count). The van der Waals surface area contributed by atoms with Crippen LogP contribution in [-0.4, -0.2) is 9.97 Å². The van der Waals surface area contributed by atoms with Crippen LogP contribution in [0, 0.1) is 0 Å². The van der Waals surface area contributed by atoms with Gasteiger partial charge in [0.15, 0.2) is 0 Å². The molecule has 0 unspecified atom stereocenters. The van der Waals surface area contributed by atoms with Crippen molar-refractivity contribution in [1.82, 2.24) is 9.97 Å². The van der Waals surface area contributed by atoms with Crippen molar-refractivity contribution in [3.8, 4) is 11.6 Å². The molecule has 0 atom stereocenters. The zero-order valence-electron chi connectivity index (χ0n) is 11.4. The number of pyridine rings is 2. The Morgan fingerprint density at radius 3 is 2.32 bits per heavy atom. The Morgan fingerprint density at radius 1 is 0.864 bits per heavy atom. The molecule has 6 heteroatoms. The molecule has 0 bridgehead atoms. The van der Waals surface area contributed by atoms with E-state index in [0.29, 0.717) is 5.88 Å². The van der Waals surface area contributed by atoms with Crippen LogP contribution in [0.3, 0.4) is 0 Å². The second-order valence-electron chi connectivity index (χ2n) is 4.26. The summed E-state index contributed by atoms with van der Waals surface area (Å²) in [5, 5.41) is 3.21. The van der Waals surface area contributed by atoms with Crippen molar-refractivity contribution in [3.63, 3.8) is 0 Å². The molecule has 0 aliphatic rings. The summed E-state index contributed by atoms with van der Waals surface area (Å²) in [7, 11) is 0. The van der Waals surface area contributed by atoms with Crippen molar-refractivity contribution in [3.05, 3.63) is 71.5 Å². The van der Waals surface area contributed by atoms with Crippen molar-refractivity contribution < 1.29 is 4.74 Å². The first kappa shape index (κ1) is 16.3. The number of benzene rings is 1. The van der Waals surface area contributed by atoms with Gasteiger partial charge in [0.1, 0.15) is 11.6 Å². The topological polar surface area (TPSA) is 47.0 Å². The zero-order chi connectivity index (χ0) is 14.5. The highest BCUT2D eigenvalue weighted by Gasteiger charge is 2.03. The Hall–Kier alpha value is -2.11. The summed E-state index contributed by atoms with van der Waals surface area (Å²) >= 11 is 3.40. The van der Waals surface area contributed by atoms with Crippen LogP contribution < -0.4 is 10.1 Å². The number of anilines is 2. The van der Waals surface area contributed by atoms with Gasteiger partial charge in [-0.1, -0.05) is 6.07 Å². The molecular formula is C16H13BrClN3O. The minimum Gasteiger partial charge on any atom is -0.438 e. The molecule has 2 heterocycles. The number of hydrogen-bond acceptors (Lipinski definition) is 4. The molecule has 1 N–H and O–H groups in total. The van der Waals surface area contributed by atoms with Gasteiger partial charge >= 0.3 is 0 Å². The first-order valence-electron chi connectivity index (χ1n) is 6.38. The number of ether oxygens (including phenoxy) is 1. The van der Waals surface area contributed by atoms with Crippen molar-refractivity contribution in [1.29, 1.82) is 0 Å². The molecule has 112 valence electrons. The lowest BCUT2D eigenvalue weighted by Gasteiger charge is -2.08. The van der Waals surface area contributed by atoms with Crippen molar-refractivity contribution >= 4 is 39.8 Å². The lowest BCUT2D eigenvalue weighted by atomic mass is 10.3.